The maximum Gasteiger partial charge on any atom is 2.00 e. The van der Waals surface area contributed by atoms with Crippen molar-refractivity contribution in [1.82, 2.24) is 0 Å². The molecule has 0 saturated carbocycles. The van der Waals surface area contributed by atoms with Crippen molar-refractivity contribution in [2.45, 2.75) is 27.2 Å². The van der Waals surface area contributed by atoms with E-state index in [0.29, 0.717) is 5.92 Å². The average Bonchev–Trinajstić information content (AvgIpc) is 1.33. The predicted molar refractivity (Wildman–Crippen MR) is 41.6 cm³/mol. The van der Waals surface area contributed by atoms with Crippen molar-refractivity contribution in [3.8, 4) is 0 Å². The molecule has 0 aromatic heterocycles. The fraction of sp³-hybridized carbons (Fsp3) is 0.714. The Morgan fingerprint density at radius 1 is 1.38 bits per heavy atom. The zero-order valence-corrected chi connectivity index (χ0v) is 7.82. The van der Waals surface area contributed by atoms with Gasteiger partial charge in [-0.15, -0.1) is 0 Å². The van der Waals surface area contributed by atoms with Crippen LogP contribution in [0, 0.1) is 19.8 Å². The molecule has 1 heteroatoms. The zero-order chi connectivity index (χ0) is 6.28. The zero-order valence-electron chi connectivity index (χ0n) is 6.41. The van der Waals surface area contributed by atoms with Gasteiger partial charge in [0.15, 0.2) is 0 Å². The third-order valence-corrected chi connectivity index (χ3v) is 0. The molecule has 0 radical (unpaired) electrons. The molecule has 0 amide bonds. The van der Waals surface area contributed by atoms with Gasteiger partial charge in [-0.3, -0.25) is 0 Å². The topological polar surface area (TPSA) is 0 Å². The minimum atomic E-state index is 0. The monoisotopic (exact) mass is 124 g/mol. The van der Waals surface area contributed by atoms with Gasteiger partial charge in [-0.25, -0.2) is 0 Å². The molecular weight excluding hydrogens is 108 g/mol. The first kappa shape index (κ1) is 15.9. The van der Waals surface area contributed by atoms with Crippen LogP contribution >= 0.6 is 0 Å². The molecule has 0 aliphatic carbocycles. The molecule has 0 fully saturated rings. The van der Waals surface area contributed by atoms with Crippen LogP contribution in [0.5, 0.6) is 0 Å². The van der Waals surface area contributed by atoms with Crippen LogP contribution in [0.15, 0.2) is 0 Å². The van der Waals surface area contributed by atoms with Crippen LogP contribution in [0.3, 0.4) is 0 Å². The first-order chi connectivity index (χ1) is 3.15. The molecule has 0 heterocycles. The van der Waals surface area contributed by atoms with E-state index in [1.807, 2.05) is 6.92 Å². The van der Waals surface area contributed by atoms with E-state index in [2.05, 4.69) is 27.7 Å². The van der Waals surface area contributed by atoms with Crippen molar-refractivity contribution in [3.63, 3.8) is 0 Å². The van der Waals surface area contributed by atoms with Gasteiger partial charge >= 0.3 is 23.1 Å². The number of hydrogen-bond acceptors (Lipinski definition) is 0. The van der Waals surface area contributed by atoms with E-state index in [1.54, 1.807) is 0 Å². The fourth-order valence-electron chi connectivity index (χ4n) is 0. The Morgan fingerprint density at radius 2 is 1.38 bits per heavy atom. The van der Waals surface area contributed by atoms with Crippen LogP contribution in [0.2, 0.25) is 0 Å². The van der Waals surface area contributed by atoms with Crippen molar-refractivity contribution in [2.75, 3.05) is 0 Å². The Bertz CT molecular complexity index is 15.6. The summed E-state index contributed by atoms with van der Waals surface area (Å²) in [5, 5.41) is 0. The van der Waals surface area contributed by atoms with Gasteiger partial charge in [-0.1, -0.05) is 20.8 Å². The Hall–Kier alpha value is 0.766. The van der Waals surface area contributed by atoms with Crippen LogP contribution < -0.4 is 0 Å². The van der Waals surface area contributed by atoms with Crippen LogP contribution in [0.25, 0.3) is 0 Å². The quantitative estimate of drug-likeness (QED) is 0.343. The number of rotatable bonds is 0. The smallest absolute Gasteiger partial charge is 0.344 e. The Balaban J connectivity index is -0.0000000575. The summed E-state index contributed by atoms with van der Waals surface area (Å²) in [6.45, 7) is 13.2. The second-order valence-corrected chi connectivity index (χ2v) is 1.89. The third kappa shape index (κ3) is 383. The molecule has 0 aromatic carbocycles. The summed E-state index contributed by atoms with van der Waals surface area (Å²) in [6.07, 6.45) is 1.00. The van der Waals surface area contributed by atoms with Gasteiger partial charge in [0, 0.05) is 0 Å². The maximum absolute atomic E-state index is 3.64. The maximum atomic E-state index is 3.64. The van der Waals surface area contributed by atoms with Gasteiger partial charge in [-0.2, -0.15) is 12.3 Å². The van der Waals surface area contributed by atoms with Crippen molar-refractivity contribution in [3.05, 3.63) is 13.8 Å². The summed E-state index contributed by atoms with van der Waals surface area (Å²) in [4.78, 5) is 0. The molecule has 0 saturated heterocycles. The van der Waals surface area contributed by atoms with Gasteiger partial charge in [-0.05, 0) is 0 Å². The predicted octanol–water partition coefficient (Wildman–Crippen LogP) is 2.33. The van der Waals surface area contributed by atoms with Crippen molar-refractivity contribution in [1.29, 1.82) is 0 Å². The van der Waals surface area contributed by atoms with E-state index in [9.17, 15) is 0 Å². The molecule has 0 N–H and O–H groups in total. The summed E-state index contributed by atoms with van der Waals surface area (Å²) < 4.78 is 0. The Morgan fingerprint density at radius 3 is 1.38 bits per heavy atom. The summed E-state index contributed by atoms with van der Waals surface area (Å²) in [7, 11) is 0. The molecule has 0 bridgehead atoms. The van der Waals surface area contributed by atoms with Crippen molar-refractivity contribution >= 4 is 23.1 Å². The van der Waals surface area contributed by atoms with E-state index in [-0.39, 0.29) is 23.1 Å². The van der Waals surface area contributed by atoms with Gasteiger partial charge in [0.2, 0.25) is 0 Å². The molecule has 0 aliphatic heterocycles. The molecule has 0 rings (SSSR count). The van der Waals surface area contributed by atoms with Gasteiger partial charge in [0.1, 0.15) is 0 Å². The molecule has 0 spiro atoms. The van der Waals surface area contributed by atoms with Gasteiger partial charge < -0.3 is 13.8 Å². The van der Waals surface area contributed by atoms with Crippen molar-refractivity contribution < 1.29 is 0 Å². The van der Waals surface area contributed by atoms with Crippen LogP contribution in [0.4, 0.5) is 0 Å². The second-order valence-electron chi connectivity index (χ2n) is 1.89. The normalized spacial score (nSPS) is 6.75. The van der Waals surface area contributed by atoms with Crippen molar-refractivity contribution in [2.24, 2.45) is 5.92 Å². The van der Waals surface area contributed by atoms with E-state index in [1.165, 1.54) is 0 Å². The Kier molecular flexibility index (Phi) is 31.1. The van der Waals surface area contributed by atoms with E-state index in [0.717, 1.165) is 6.42 Å². The second kappa shape index (κ2) is 15.7. The van der Waals surface area contributed by atoms with Crippen LogP contribution in [-0.2, 0) is 0 Å². The van der Waals surface area contributed by atoms with Gasteiger partial charge in [0.05, 0.1) is 0 Å². The first-order valence-corrected chi connectivity index (χ1v) is 2.77. The third-order valence-electron chi connectivity index (χ3n) is 0. The molecule has 46 valence electrons. The minimum Gasteiger partial charge on any atom is -0.344 e. The van der Waals surface area contributed by atoms with Crippen LogP contribution in [-0.4, -0.2) is 23.1 Å². The van der Waals surface area contributed by atoms with E-state index < -0.39 is 0 Å². The summed E-state index contributed by atoms with van der Waals surface area (Å²) >= 11 is 0. The fourth-order valence-corrected chi connectivity index (χ4v) is 0. The molecule has 0 nitrogen and oxygen atoms in total. The molecular formula is C7H16Mg. The molecule has 0 aliphatic rings. The molecule has 0 unspecified atom stereocenters. The minimum absolute atomic E-state index is 0. The molecule has 8 heavy (non-hydrogen) atoms. The van der Waals surface area contributed by atoms with Gasteiger partial charge in [0.25, 0.3) is 0 Å². The summed E-state index contributed by atoms with van der Waals surface area (Å²) in [5.74, 6) is 0.583. The first-order valence-electron chi connectivity index (χ1n) is 2.77. The Labute approximate surface area is 70.2 Å². The molecule has 0 atom stereocenters. The standard InChI is InChI=1S/C4H9.C3H7.Mg/c1-4(2)3;1-3-2;/h4H,1H2,2-3H3;1,3H2,2H3;/q2*-1;+2. The van der Waals surface area contributed by atoms with E-state index in [4.69, 9.17) is 0 Å². The molecule has 0 aromatic rings. The summed E-state index contributed by atoms with van der Waals surface area (Å²) in [5.41, 5.74) is 0. The van der Waals surface area contributed by atoms with Crippen LogP contribution in [0.1, 0.15) is 27.2 Å². The summed E-state index contributed by atoms with van der Waals surface area (Å²) in [6, 6.07) is 0. The SMILES string of the molecule is [CH2-]C(C)C.[CH2-]CC.[Mg+2]. The largest absolute Gasteiger partial charge is 2.00 e. The number of hydrogen-bond donors (Lipinski definition) is 0. The van der Waals surface area contributed by atoms with E-state index >= 15 is 0 Å². The average molecular weight is 125 g/mol.